The smallest absolute Gasteiger partial charge is 0.251 e. The van der Waals surface area contributed by atoms with Crippen molar-refractivity contribution in [2.24, 2.45) is 0 Å². The molecule has 5 nitrogen and oxygen atoms in total. The van der Waals surface area contributed by atoms with E-state index in [0.29, 0.717) is 10.4 Å². The van der Waals surface area contributed by atoms with Crippen LogP contribution in [0.15, 0.2) is 41.4 Å². The molecule has 0 radical (unpaired) electrons. The number of anilines is 1. The largest absolute Gasteiger partial charge is 0.417 e. The van der Waals surface area contributed by atoms with Gasteiger partial charge in [-0.05, 0) is 30.3 Å². The van der Waals surface area contributed by atoms with Crippen LogP contribution in [0, 0.1) is 0 Å². The zero-order chi connectivity index (χ0) is 16.5. The minimum atomic E-state index is -4.84. The summed E-state index contributed by atoms with van der Waals surface area (Å²) < 4.78 is 64.6. The van der Waals surface area contributed by atoms with Crippen molar-refractivity contribution >= 4 is 27.4 Å². The van der Waals surface area contributed by atoms with E-state index < -0.39 is 26.7 Å². The van der Waals surface area contributed by atoms with Crippen LogP contribution < -0.4 is 4.31 Å². The summed E-state index contributed by atoms with van der Waals surface area (Å²) in [6, 6.07) is 5.08. The Hall–Kier alpha value is -1.87. The molecule has 0 spiro atoms. The highest BCUT2D eigenvalue weighted by atomic mass is 35.5. The maximum Gasteiger partial charge on any atom is 0.417 e. The van der Waals surface area contributed by atoms with Crippen LogP contribution in [0.25, 0.3) is 0 Å². The molecule has 0 bridgehead atoms. The molecule has 0 unspecified atom stereocenters. The summed E-state index contributed by atoms with van der Waals surface area (Å²) in [7, 11) is -3.42. The summed E-state index contributed by atoms with van der Waals surface area (Å²) >= 11 is 5.65. The lowest BCUT2D eigenvalue weighted by Gasteiger charge is -2.20. The molecule has 0 fully saturated rings. The van der Waals surface area contributed by atoms with E-state index in [9.17, 15) is 21.6 Å². The lowest BCUT2D eigenvalue weighted by Crippen LogP contribution is -2.29. The fourth-order valence-electron chi connectivity index (χ4n) is 1.68. The van der Waals surface area contributed by atoms with Gasteiger partial charge in [0.15, 0.2) is 5.82 Å². The Kier molecular flexibility index (Phi) is 4.30. The van der Waals surface area contributed by atoms with Crippen LogP contribution in [-0.2, 0) is 16.2 Å². The molecule has 0 N–H and O–H groups in total. The predicted octanol–water partition coefficient (Wildman–Crippen LogP) is 2.97. The molecule has 2 rings (SSSR count). The van der Waals surface area contributed by atoms with Gasteiger partial charge in [-0.2, -0.15) is 18.3 Å². The van der Waals surface area contributed by atoms with Gasteiger partial charge in [0.05, 0.1) is 5.56 Å². The normalized spacial score (nSPS) is 12.2. The Morgan fingerprint density at radius 1 is 1.23 bits per heavy atom. The van der Waals surface area contributed by atoms with Gasteiger partial charge in [0.2, 0.25) is 0 Å². The van der Waals surface area contributed by atoms with E-state index in [4.69, 9.17) is 11.6 Å². The maximum atomic E-state index is 13.0. The first-order valence-corrected chi connectivity index (χ1v) is 7.59. The molecule has 1 aromatic heterocycles. The van der Waals surface area contributed by atoms with Gasteiger partial charge >= 0.3 is 6.18 Å². The number of nitrogens with zero attached hydrogens (tertiary/aromatic N) is 3. The Balaban J connectivity index is 2.62. The number of hydrogen-bond acceptors (Lipinski definition) is 4. The van der Waals surface area contributed by atoms with Gasteiger partial charge in [0, 0.05) is 18.3 Å². The minimum absolute atomic E-state index is 0.115. The van der Waals surface area contributed by atoms with E-state index in [1.807, 2.05) is 0 Å². The van der Waals surface area contributed by atoms with Crippen LogP contribution in [0.1, 0.15) is 5.56 Å². The summed E-state index contributed by atoms with van der Waals surface area (Å²) in [6.45, 7) is 0. The molecule has 0 aliphatic carbocycles. The van der Waals surface area contributed by atoms with Gasteiger partial charge < -0.3 is 0 Å². The first kappa shape index (κ1) is 16.5. The van der Waals surface area contributed by atoms with Crippen LogP contribution in [0.4, 0.5) is 19.0 Å². The zero-order valence-corrected chi connectivity index (χ0v) is 12.6. The highest BCUT2D eigenvalue weighted by Gasteiger charge is 2.38. The summed E-state index contributed by atoms with van der Waals surface area (Å²) in [6.07, 6.45) is -3.53. The third kappa shape index (κ3) is 3.14. The SMILES string of the molecule is CN(c1cccnn1)S(=O)(=O)c1cc(Cl)ccc1C(F)(F)F. The van der Waals surface area contributed by atoms with Crippen molar-refractivity contribution in [1.29, 1.82) is 0 Å². The minimum Gasteiger partial charge on any atom is -0.251 e. The molecule has 0 atom stereocenters. The standard InChI is InChI=1S/C12H9ClF3N3O2S/c1-19(11-3-2-6-17-18-11)22(20,21)10-7-8(13)4-5-9(10)12(14,15)16/h2-7H,1H3. The maximum absolute atomic E-state index is 13.0. The van der Waals surface area contributed by atoms with Gasteiger partial charge in [-0.25, -0.2) is 8.42 Å². The number of aromatic nitrogens is 2. The van der Waals surface area contributed by atoms with Crippen LogP contribution in [0.5, 0.6) is 0 Å². The number of benzene rings is 1. The highest BCUT2D eigenvalue weighted by Crippen LogP contribution is 2.36. The van der Waals surface area contributed by atoms with Crippen molar-refractivity contribution in [2.75, 3.05) is 11.4 Å². The number of hydrogen-bond donors (Lipinski definition) is 0. The Morgan fingerprint density at radius 2 is 1.91 bits per heavy atom. The Labute approximate surface area is 129 Å². The van der Waals surface area contributed by atoms with Crippen molar-refractivity contribution in [3.8, 4) is 0 Å². The Morgan fingerprint density at radius 3 is 2.45 bits per heavy atom. The van der Waals surface area contributed by atoms with Crippen molar-refractivity contribution in [3.05, 3.63) is 47.1 Å². The molecule has 1 heterocycles. The molecule has 1 aromatic carbocycles. The summed E-state index contributed by atoms with van der Waals surface area (Å²) in [5.74, 6) is -0.115. The fraction of sp³-hybridized carbons (Fsp3) is 0.167. The first-order chi connectivity index (χ1) is 10.1. The van der Waals surface area contributed by atoms with E-state index in [1.165, 1.54) is 18.3 Å². The second kappa shape index (κ2) is 5.73. The molecular formula is C12H9ClF3N3O2S. The van der Waals surface area contributed by atoms with Gasteiger partial charge in [-0.15, -0.1) is 5.10 Å². The zero-order valence-electron chi connectivity index (χ0n) is 11.0. The molecular weight excluding hydrogens is 343 g/mol. The van der Waals surface area contributed by atoms with Crippen molar-refractivity contribution in [2.45, 2.75) is 11.1 Å². The fourth-order valence-corrected chi connectivity index (χ4v) is 3.29. The molecule has 0 amide bonds. The second-order valence-corrected chi connectivity index (χ2v) is 6.57. The van der Waals surface area contributed by atoms with Crippen molar-refractivity contribution < 1.29 is 21.6 Å². The molecule has 0 saturated heterocycles. The lowest BCUT2D eigenvalue weighted by molar-refractivity contribution is -0.139. The van der Waals surface area contributed by atoms with Crippen LogP contribution >= 0.6 is 11.6 Å². The third-order valence-corrected chi connectivity index (χ3v) is 4.81. The molecule has 10 heteroatoms. The number of sulfonamides is 1. The first-order valence-electron chi connectivity index (χ1n) is 5.77. The van der Waals surface area contributed by atoms with Crippen molar-refractivity contribution in [1.82, 2.24) is 10.2 Å². The van der Waals surface area contributed by atoms with E-state index >= 15 is 0 Å². The van der Waals surface area contributed by atoms with Gasteiger partial charge in [0.1, 0.15) is 4.90 Å². The average Bonchev–Trinajstić information content (AvgIpc) is 2.46. The van der Waals surface area contributed by atoms with E-state index in [1.54, 1.807) is 0 Å². The molecule has 0 aliphatic rings. The predicted molar refractivity (Wildman–Crippen MR) is 74.1 cm³/mol. The van der Waals surface area contributed by atoms with Crippen LogP contribution in [0.2, 0.25) is 5.02 Å². The van der Waals surface area contributed by atoms with Crippen LogP contribution in [-0.4, -0.2) is 25.7 Å². The van der Waals surface area contributed by atoms with Crippen molar-refractivity contribution in [3.63, 3.8) is 0 Å². The van der Waals surface area contributed by atoms with Gasteiger partial charge in [-0.3, -0.25) is 4.31 Å². The number of alkyl halides is 3. The molecule has 118 valence electrons. The van der Waals surface area contributed by atoms with E-state index in [2.05, 4.69) is 10.2 Å². The Bertz CT molecular complexity index is 782. The molecule has 0 aliphatic heterocycles. The summed E-state index contributed by atoms with van der Waals surface area (Å²) in [5, 5.41) is 6.94. The van der Waals surface area contributed by atoms with E-state index in [-0.39, 0.29) is 10.8 Å². The average molecular weight is 352 g/mol. The van der Waals surface area contributed by atoms with Gasteiger partial charge in [0.25, 0.3) is 10.0 Å². The van der Waals surface area contributed by atoms with E-state index in [0.717, 1.165) is 19.2 Å². The third-order valence-electron chi connectivity index (χ3n) is 2.77. The highest BCUT2D eigenvalue weighted by molar-refractivity contribution is 7.92. The summed E-state index contributed by atoms with van der Waals surface area (Å²) in [4.78, 5) is -0.944. The second-order valence-electron chi connectivity index (χ2n) is 4.19. The quantitative estimate of drug-likeness (QED) is 0.853. The van der Waals surface area contributed by atoms with Crippen LogP contribution in [0.3, 0.4) is 0 Å². The molecule has 0 saturated carbocycles. The number of halogens is 4. The van der Waals surface area contributed by atoms with Gasteiger partial charge in [-0.1, -0.05) is 11.6 Å². The topological polar surface area (TPSA) is 63.2 Å². The molecule has 2 aromatic rings. The summed E-state index contributed by atoms with van der Waals surface area (Å²) in [5.41, 5.74) is -1.30. The molecule has 22 heavy (non-hydrogen) atoms. The lowest BCUT2D eigenvalue weighted by atomic mass is 10.2. The monoisotopic (exact) mass is 351 g/mol. The number of rotatable bonds is 3.